The number of hydrogen-bond acceptors (Lipinski definition) is 4. The van der Waals surface area contributed by atoms with Crippen molar-refractivity contribution in [2.45, 2.75) is 0 Å². The first-order chi connectivity index (χ1) is 10.8. The fourth-order valence-electron chi connectivity index (χ4n) is 2.51. The highest BCUT2D eigenvalue weighted by Crippen LogP contribution is 2.28. The van der Waals surface area contributed by atoms with Crippen molar-refractivity contribution < 1.29 is 9.15 Å². The van der Waals surface area contributed by atoms with Crippen molar-refractivity contribution in [1.82, 2.24) is 9.97 Å². The van der Waals surface area contributed by atoms with E-state index in [9.17, 15) is 4.79 Å². The lowest BCUT2D eigenvalue weighted by molar-refractivity contribution is 0.415. The van der Waals surface area contributed by atoms with Gasteiger partial charge in [-0.15, -0.1) is 0 Å². The number of hydrogen-bond donors (Lipinski definition) is 1. The van der Waals surface area contributed by atoms with E-state index in [4.69, 9.17) is 9.15 Å². The number of oxazole rings is 1. The standard InChI is InChI=1S/C17H12N2O3/c1-21-11-6-4-5-10(9-11)17-19-14-15(22-17)12-7-2-3-8-13(12)18-16(14)20/h2-9H,1H3,(H,18,20). The molecule has 2 aromatic carbocycles. The van der Waals surface area contributed by atoms with Crippen molar-refractivity contribution >= 4 is 22.0 Å². The molecule has 0 saturated heterocycles. The second kappa shape index (κ2) is 4.73. The second-order valence-corrected chi connectivity index (χ2v) is 4.93. The van der Waals surface area contributed by atoms with Crippen molar-refractivity contribution in [3.63, 3.8) is 0 Å². The van der Waals surface area contributed by atoms with Crippen LogP contribution in [-0.4, -0.2) is 17.1 Å². The van der Waals surface area contributed by atoms with E-state index in [0.717, 1.165) is 16.5 Å². The summed E-state index contributed by atoms with van der Waals surface area (Å²) in [6.45, 7) is 0. The number of benzene rings is 2. The van der Waals surface area contributed by atoms with Gasteiger partial charge in [-0.3, -0.25) is 4.79 Å². The third-order valence-corrected chi connectivity index (χ3v) is 3.58. The number of ether oxygens (including phenoxy) is 1. The van der Waals surface area contributed by atoms with Crippen LogP contribution in [0.1, 0.15) is 0 Å². The number of aromatic nitrogens is 2. The number of H-pyrrole nitrogens is 1. The van der Waals surface area contributed by atoms with Crippen LogP contribution in [0.15, 0.2) is 57.7 Å². The molecule has 108 valence electrons. The zero-order valence-electron chi connectivity index (χ0n) is 11.8. The van der Waals surface area contributed by atoms with Crippen molar-refractivity contribution in [2.75, 3.05) is 7.11 Å². The highest BCUT2D eigenvalue weighted by molar-refractivity contribution is 6.00. The van der Waals surface area contributed by atoms with Gasteiger partial charge in [-0.05, 0) is 30.3 Å². The lowest BCUT2D eigenvalue weighted by Gasteiger charge is -2.00. The first-order valence-electron chi connectivity index (χ1n) is 6.82. The van der Waals surface area contributed by atoms with E-state index in [1.165, 1.54) is 0 Å². The van der Waals surface area contributed by atoms with Crippen LogP contribution < -0.4 is 10.3 Å². The van der Waals surface area contributed by atoms with Crippen LogP contribution in [-0.2, 0) is 0 Å². The summed E-state index contributed by atoms with van der Waals surface area (Å²) in [4.78, 5) is 19.3. The molecule has 0 atom stereocenters. The van der Waals surface area contributed by atoms with Crippen LogP contribution >= 0.6 is 0 Å². The SMILES string of the molecule is COc1cccc(-c2nc3c(=O)[nH]c4ccccc4c3o2)c1. The van der Waals surface area contributed by atoms with Crippen LogP contribution in [0.2, 0.25) is 0 Å². The predicted molar refractivity (Wildman–Crippen MR) is 84.1 cm³/mol. The molecule has 5 nitrogen and oxygen atoms in total. The molecule has 2 heterocycles. The number of nitrogens with zero attached hydrogens (tertiary/aromatic N) is 1. The minimum absolute atomic E-state index is 0.258. The molecule has 0 spiro atoms. The first kappa shape index (κ1) is 12.6. The van der Waals surface area contributed by atoms with Gasteiger partial charge in [0.1, 0.15) is 5.75 Å². The number of rotatable bonds is 2. The van der Waals surface area contributed by atoms with Crippen molar-refractivity contribution in [1.29, 1.82) is 0 Å². The zero-order chi connectivity index (χ0) is 15.1. The Labute approximate surface area is 125 Å². The minimum Gasteiger partial charge on any atom is -0.497 e. The molecule has 0 aliphatic rings. The minimum atomic E-state index is -0.258. The molecule has 4 rings (SSSR count). The fraction of sp³-hybridized carbons (Fsp3) is 0.0588. The summed E-state index contributed by atoms with van der Waals surface area (Å²) < 4.78 is 11.1. The second-order valence-electron chi connectivity index (χ2n) is 4.93. The lowest BCUT2D eigenvalue weighted by Crippen LogP contribution is -2.05. The third-order valence-electron chi connectivity index (χ3n) is 3.58. The molecule has 2 aromatic heterocycles. The van der Waals surface area contributed by atoms with E-state index >= 15 is 0 Å². The first-order valence-corrected chi connectivity index (χ1v) is 6.82. The Balaban J connectivity index is 2.02. The molecule has 0 saturated carbocycles. The lowest BCUT2D eigenvalue weighted by atomic mass is 10.2. The van der Waals surface area contributed by atoms with Gasteiger partial charge in [-0.1, -0.05) is 18.2 Å². The summed E-state index contributed by atoms with van der Waals surface area (Å²) in [5.74, 6) is 1.11. The maximum Gasteiger partial charge on any atom is 0.278 e. The Hall–Kier alpha value is -3.08. The molecule has 0 radical (unpaired) electrons. The van der Waals surface area contributed by atoms with Crippen LogP contribution in [0.5, 0.6) is 5.75 Å². The Morgan fingerprint density at radius 1 is 1.14 bits per heavy atom. The number of pyridine rings is 1. The number of nitrogens with one attached hydrogen (secondary N) is 1. The summed E-state index contributed by atoms with van der Waals surface area (Å²) in [5, 5.41) is 0.832. The topological polar surface area (TPSA) is 68.1 Å². The summed E-state index contributed by atoms with van der Waals surface area (Å²) in [6, 6.07) is 14.9. The summed E-state index contributed by atoms with van der Waals surface area (Å²) in [5.41, 5.74) is 2.03. The van der Waals surface area contributed by atoms with Gasteiger partial charge in [0.2, 0.25) is 5.89 Å². The molecule has 0 bridgehead atoms. The molecule has 0 aliphatic carbocycles. The van der Waals surface area contributed by atoms with Crippen molar-refractivity contribution in [3.8, 4) is 17.2 Å². The van der Waals surface area contributed by atoms with E-state index in [2.05, 4.69) is 9.97 Å². The van der Waals surface area contributed by atoms with Gasteiger partial charge in [0.15, 0.2) is 11.1 Å². The van der Waals surface area contributed by atoms with Gasteiger partial charge in [0.25, 0.3) is 5.56 Å². The molecule has 1 N–H and O–H groups in total. The van der Waals surface area contributed by atoms with Crippen molar-refractivity contribution in [2.24, 2.45) is 0 Å². The van der Waals surface area contributed by atoms with E-state index < -0.39 is 0 Å². The Bertz CT molecular complexity index is 1050. The number of para-hydroxylation sites is 1. The van der Waals surface area contributed by atoms with Gasteiger partial charge in [0.05, 0.1) is 12.6 Å². The number of methoxy groups -OCH3 is 1. The monoisotopic (exact) mass is 292 g/mol. The smallest absolute Gasteiger partial charge is 0.278 e. The van der Waals surface area contributed by atoms with Crippen molar-refractivity contribution in [3.05, 3.63) is 58.9 Å². The summed E-state index contributed by atoms with van der Waals surface area (Å²) in [7, 11) is 1.60. The molecule has 5 heteroatoms. The van der Waals surface area contributed by atoms with Crippen LogP contribution in [0.3, 0.4) is 0 Å². The quantitative estimate of drug-likeness (QED) is 0.615. The fourth-order valence-corrected chi connectivity index (χ4v) is 2.51. The average Bonchev–Trinajstić information content (AvgIpc) is 3.01. The summed E-state index contributed by atoms with van der Waals surface area (Å²) >= 11 is 0. The Morgan fingerprint density at radius 2 is 2.00 bits per heavy atom. The maximum absolute atomic E-state index is 12.2. The largest absolute Gasteiger partial charge is 0.497 e. The van der Waals surface area contributed by atoms with Gasteiger partial charge < -0.3 is 14.1 Å². The Morgan fingerprint density at radius 3 is 2.86 bits per heavy atom. The maximum atomic E-state index is 12.2. The molecule has 0 aliphatic heterocycles. The summed E-state index contributed by atoms with van der Waals surface area (Å²) in [6.07, 6.45) is 0. The van der Waals surface area contributed by atoms with Crippen LogP contribution in [0, 0.1) is 0 Å². The van der Waals surface area contributed by atoms with Gasteiger partial charge in [0, 0.05) is 10.9 Å². The average molecular weight is 292 g/mol. The molecule has 0 fully saturated rings. The number of aromatic amines is 1. The molecular formula is C17H12N2O3. The van der Waals surface area contributed by atoms with Gasteiger partial charge in [-0.25, -0.2) is 4.98 Å². The number of fused-ring (bicyclic) bond motifs is 3. The third kappa shape index (κ3) is 1.87. The molecule has 4 aromatic rings. The van der Waals surface area contributed by atoms with Gasteiger partial charge in [-0.2, -0.15) is 0 Å². The predicted octanol–water partition coefficient (Wildman–Crippen LogP) is 3.34. The highest BCUT2D eigenvalue weighted by Gasteiger charge is 2.14. The van der Waals surface area contributed by atoms with E-state index in [1.807, 2.05) is 48.5 Å². The Kier molecular flexibility index (Phi) is 2.72. The van der Waals surface area contributed by atoms with Crippen LogP contribution in [0.4, 0.5) is 0 Å². The highest BCUT2D eigenvalue weighted by atomic mass is 16.5. The normalized spacial score (nSPS) is 11.1. The molecular weight excluding hydrogens is 280 g/mol. The molecule has 0 unspecified atom stereocenters. The van der Waals surface area contributed by atoms with Crippen LogP contribution in [0.25, 0.3) is 33.5 Å². The van der Waals surface area contributed by atoms with E-state index in [-0.39, 0.29) is 5.56 Å². The molecule has 22 heavy (non-hydrogen) atoms. The zero-order valence-corrected chi connectivity index (χ0v) is 11.8. The molecule has 0 amide bonds. The van der Waals surface area contributed by atoms with E-state index in [0.29, 0.717) is 22.7 Å². The van der Waals surface area contributed by atoms with Gasteiger partial charge >= 0.3 is 0 Å². The van der Waals surface area contributed by atoms with E-state index in [1.54, 1.807) is 7.11 Å².